The number of hydrogen-bond acceptors (Lipinski definition) is 1. The van der Waals surface area contributed by atoms with Gasteiger partial charge in [-0.15, -0.1) is 0 Å². The Bertz CT molecular complexity index is 435. The van der Waals surface area contributed by atoms with Crippen molar-refractivity contribution in [1.82, 2.24) is 0 Å². The van der Waals surface area contributed by atoms with Gasteiger partial charge in [0.15, 0.2) is 0 Å². The van der Waals surface area contributed by atoms with Gasteiger partial charge in [0.1, 0.15) is 0 Å². The molecule has 0 aromatic heterocycles. The summed E-state index contributed by atoms with van der Waals surface area (Å²) in [5, 5.41) is 8.60. The van der Waals surface area contributed by atoms with Crippen LogP contribution in [0.3, 0.4) is 0 Å². The summed E-state index contributed by atoms with van der Waals surface area (Å²) in [5.74, 6) is 2.40. The summed E-state index contributed by atoms with van der Waals surface area (Å²) < 4.78 is 0. The van der Waals surface area contributed by atoms with Crippen molar-refractivity contribution in [3.63, 3.8) is 0 Å². The third-order valence-electron chi connectivity index (χ3n) is 5.32. The van der Waals surface area contributed by atoms with Gasteiger partial charge >= 0.3 is 0 Å². The van der Waals surface area contributed by atoms with Crippen molar-refractivity contribution in [1.29, 1.82) is 0 Å². The lowest BCUT2D eigenvalue weighted by atomic mass is 9.82. The molecule has 3 aliphatic rings. The van der Waals surface area contributed by atoms with Gasteiger partial charge in [0, 0.05) is 6.61 Å². The molecule has 1 N–H and O–H groups in total. The van der Waals surface area contributed by atoms with Gasteiger partial charge in [0.25, 0.3) is 0 Å². The maximum Gasteiger partial charge on any atom is 0.0431 e. The van der Waals surface area contributed by atoms with Crippen molar-refractivity contribution in [2.24, 2.45) is 17.8 Å². The van der Waals surface area contributed by atoms with Gasteiger partial charge in [-0.3, -0.25) is 0 Å². The minimum Gasteiger partial charge on any atom is -0.396 e. The molecule has 0 spiro atoms. The molecule has 1 nitrogen and oxygen atoms in total. The van der Waals surface area contributed by atoms with Gasteiger partial charge in [-0.25, -0.2) is 0 Å². The molecule has 0 bridgehead atoms. The van der Waals surface area contributed by atoms with E-state index in [1.165, 1.54) is 56.9 Å². The van der Waals surface area contributed by atoms with Crippen molar-refractivity contribution >= 4 is 0 Å². The standard InChI is InChI=1S/C13H16.C9H18O.CH4/c1-11-6-5-9-13(10-11)12-7-3-2-4-8-12;10-8-4-7-9-5-2-1-3-6-9;/h2-7,10,12-13H,8-9H2,1H3;9-10H,1-8H2;1H4. The van der Waals surface area contributed by atoms with Crippen LogP contribution in [0.2, 0.25) is 0 Å². The van der Waals surface area contributed by atoms with Crippen LogP contribution in [0.5, 0.6) is 0 Å². The van der Waals surface area contributed by atoms with E-state index in [0.29, 0.717) is 6.61 Å². The van der Waals surface area contributed by atoms with Crippen LogP contribution in [0.1, 0.15) is 72.1 Å². The Balaban J connectivity index is 0.000000238. The van der Waals surface area contributed by atoms with Crippen LogP contribution in [-0.2, 0) is 0 Å². The predicted octanol–water partition coefficient (Wildman–Crippen LogP) is 6.62. The van der Waals surface area contributed by atoms with Crippen LogP contribution in [0.25, 0.3) is 0 Å². The maximum absolute atomic E-state index is 8.60. The fourth-order valence-corrected chi connectivity index (χ4v) is 3.94. The number of allylic oxidation sites excluding steroid dienone is 8. The predicted molar refractivity (Wildman–Crippen MR) is 107 cm³/mol. The van der Waals surface area contributed by atoms with Crippen LogP contribution in [0.15, 0.2) is 48.1 Å². The van der Waals surface area contributed by atoms with E-state index in [4.69, 9.17) is 5.11 Å². The average Bonchev–Trinajstić information content (AvgIpc) is 2.62. The number of aliphatic hydroxyl groups is 1. The van der Waals surface area contributed by atoms with Gasteiger partial charge in [0.2, 0.25) is 0 Å². The molecule has 0 saturated heterocycles. The van der Waals surface area contributed by atoms with Crippen LogP contribution in [-0.4, -0.2) is 11.7 Å². The molecular weight excluding hydrogens is 292 g/mol. The fraction of sp³-hybridized carbons (Fsp3) is 0.652. The third-order valence-corrected chi connectivity index (χ3v) is 5.32. The minimum absolute atomic E-state index is 0. The van der Waals surface area contributed by atoms with E-state index in [-0.39, 0.29) is 7.43 Å². The Morgan fingerprint density at radius 3 is 2.38 bits per heavy atom. The highest BCUT2D eigenvalue weighted by molar-refractivity contribution is 5.24. The van der Waals surface area contributed by atoms with Crippen LogP contribution in [0.4, 0.5) is 0 Å². The first-order chi connectivity index (χ1) is 11.3. The summed E-state index contributed by atoms with van der Waals surface area (Å²) >= 11 is 0. The number of aliphatic hydroxyl groups excluding tert-OH is 1. The number of hydrogen-bond donors (Lipinski definition) is 1. The maximum atomic E-state index is 8.60. The lowest BCUT2D eigenvalue weighted by molar-refractivity contribution is 0.253. The summed E-state index contributed by atoms with van der Waals surface area (Å²) in [5.41, 5.74) is 1.42. The molecular formula is C23H38O. The fourth-order valence-electron chi connectivity index (χ4n) is 3.94. The number of rotatable bonds is 4. The second kappa shape index (κ2) is 12.3. The minimum atomic E-state index is 0. The Morgan fingerprint density at radius 1 is 1.00 bits per heavy atom. The first-order valence-electron chi connectivity index (χ1n) is 9.58. The van der Waals surface area contributed by atoms with Gasteiger partial charge in [0.05, 0.1) is 0 Å². The van der Waals surface area contributed by atoms with E-state index in [9.17, 15) is 0 Å². The lowest BCUT2D eigenvalue weighted by Crippen LogP contribution is -2.12. The molecule has 3 aliphatic carbocycles. The Labute approximate surface area is 150 Å². The molecule has 0 aromatic carbocycles. The summed E-state index contributed by atoms with van der Waals surface area (Å²) in [4.78, 5) is 0. The highest BCUT2D eigenvalue weighted by Gasteiger charge is 2.17. The van der Waals surface area contributed by atoms with Crippen molar-refractivity contribution in [3.8, 4) is 0 Å². The quantitative estimate of drug-likeness (QED) is 0.614. The molecule has 0 amide bonds. The Kier molecular flexibility index (Phi) is 10.7. The topological polar surface area (TPSA) is 20.2 Å². The van der Waals surface area contributed by atoms with E-state index >= 15 is 0 Å². The zero-order chi connectivity index (χ0) is 16.3. The largest absolute Gasteiger partial charge is 0.396 e. The van der Waals surface area contributed by atoms with Gasteiger partial charge in [-0.05, 0) is 50.4 Å². The summed E-state index contributed by atoms with van der Waals surface area (Å²) in [6.07, 6.45) is 27.7. The highest BCUT2D eigenvalue weighted by atomic mass is 16.2. The van der Waals surface area contributed by atoms with Gasteiger partial charge in [-0.2, -0.15) is 0 Å². The van der Waals surface area contributed by atoms with Crippen LogP contribution in [0, 0.1) is 17.8 Å². The van der Waals surface area contributed by atoms with E-state index in [0.717, 1.165) is 24.2 Å². The lowest BCUT2D eigenvalue weighted by Gasteiger charge is -2.23. The average molecular weight is 331 g/mol. The zero-order valence-electron chi connectivity index (χ0n) is 14.8. The van der Waals surface area contributed by atoms with E-state index in [1.807, 2.05) is 0 Å². The third kappa shape index (κ3) is 7.66. The molecule has 0 heterocycles. The second-order valence-electron chi connectivity index (χ2n) is 7.30. The van der Waals surface area contributed by atoms with Crippen molar-refractivity contribution in [2.75, 3.05) is 6.61 Å². The second-order valence-corrected chi connectivity index (χ2v) is 7.30. The molecule has 1 fully saturated rings. The SMILES string of the molecule is C.CC1=CC(C2C=CC=CC2)CC=C1.OCCCC1CCCCC1. The molecule has 0 aliphatic heterocycles. The molecule has 1 saturated carbocycles. The van der Waals surface area contributed by atoms with Gasteiger partial charge < -0.3 is 5.11 Å². The summed E-state index contributed by atoms with van der Waals surface area (Å²) in [6, 6.07) is 0. The smallest absolute Gasteiger partial charge is 0.0431 e. The summed E-state index contributed by atoms with van der Waals surface area (Å²) in [6.45, 7) is 2.57. The van der Waals surface area contributed by atoms with Crippen molar-refractivity contribution < 1.29 is 5.11 Å². The van der Waals surface area contributed by atoms with Crippen molar-refractivity contribution in [3.05, 3.63) is 48.1 Å². The van der Waals surface area contributed by atoms with E-state index in [2.05, 4.69) is 49.5 Å². The first-order valence-corrected chi connectivity index (χ1v) is 9.58. The zero-order valence-corrected chi connectivity index (χ0v) is 14.8. The molecule has 3 rings (SSSR count). The van der Waals surface area contributed by atoms with E-state index < -0.39 is 0 Å². The molecule has 2 unspecified atom stereocenters. The highest BCUT2D eigenvalue weighted by Crippen LogP contribution is 2.29. The van der Waals surface area contributed by atoms with Crippen molar-refractivity contribution in [2.45, 2.75) is 72.1 Å². The molecule has 136 valence electrons. The normalized spacial score (nSPS) is 26.2. The van der Waals surface area contributed by atoms with Crippen LogP contribution >= 0.6 is 0 Å². The van der Waals surface area contributed by atoms with Gasteiger partial charge in [-0.1, -0.05) is 87.6 Å². The van der Waals surface area contributed by atoms with Crippen LogP contribution < -0.4 is 0 Å². The molecule has 24 heavy (non-hydrogen) atoms. The first kappa shape index (κ1) is 21.0. The summed E-state index contributed by atoms with van der Waals surface area (Å²) in [7, 11) is 0. The van der Waals surface area contributed by atoms with E-state index in [1.54, 1.807) is 0 Å². The Morgan fingerprint density at radius 2 is 1.75 bits per heavy atom. The molecule has 2 atom stereocenters. The molecule has 1 heteroatoms. The molecule has 0 radical (unpaired) electrons. The monoisotopic (exact) mass is 330 g/mol. The molecule has 0 aromatic rings. The Hall–Kier alpha value is -1.08.